The second kappa shape index (κ2) is 5.56. The van der Waals surface area contributed by atoms with Crippen molar-refractivity contribution in [1.82, 2.24) is 14.3 Å². The Morgan fingerprint density at radius 2 is 2.17 bits per heavy atom. The van der Waals surface area contributed by atoms with Crippen molar-refractivity contribution in [3.8, 4) is 0 Å². The Hall–Kier alpha value is -0.630. The van der Waals surface area contributed by atoms with E-state index in [2.05, 4.69) is 9.71 Å². The number of hydrogen-bond donors (Lipinski definition) is 2. The molecule has 0 saturated carbocycles. The molecule has 0 bridgehead atoms. The summed E-state index contributed by atoms with van der Waals surface area (Å²) in [6.07, 6.45) is 1.86. The fraction of sp³-hybridized carbons (Fsp3) is 0.700. The van der Waals surface area contributed by atoms with Gasteiger partial charge in [0, 0.05) is 26.4 Å². The van der Waals surface area contributed by atoms with Gasteiger partial charge < -0.3 is 9.67 Å². The summed E-state index contributed by atoms with van der Waals surface area (Å²) in [5, 5.41) is 8.89. The molecule has 0 aliphatic carbocycles. The molecule has 0 saturated heterocycles. The molecule has 8 heteroatoms. The molecule has 0 aliphatic heterocycles. The van der Waals surface area contributed by atoms with Gasteiger partial charge in [-0.25, -0.2) is 18.1 Å². The van der Waals surface area contributed by atoms with Crippen LogP contribution < -0.4 is 4.72 Å². The van der Waals surface area contributed by atoms with Crippen LogP contribution in [0.5, 0.6) is 0 Å². The summed E-state index contributed by atoms with van der Waals surface area (Å²) in [6, 6.07) is 0. The highest BCUT2D eigenvalue weighted by Gasteiger charge is 2.24. The number of hydrogen-bond acceptors (Lipinski definition) is 4. The number of imidazole rings is 1. The third kappa shape index (κ3) is 3.94. The molecule has 0 atom stereocenters. The van der Waals surface area contributed by atoms with Crippen LogP contribution >= 0.6 is 11.6 Å². The highest BCUT2D eigenvalue weighted by Crippen LogP contribution is 2.19. The van der Waals surface area contributed by atoms with Gasteiger partial charge in [0.25, 0.3) is 10.0 Å². The molecule has 2 N–H and O–H groups in total. The van der Waals surface area contributed by atoms with Gasteiger partial charge in [-0.05, 0) is 23.4 Å². The Bertz CT molecular complexity index is 491. The Kier molecular flexibility index (Phi) is 4.77. The van der Waals surface area contributed by atoms with Crippen molar-refractivity contribution in [2.45, 2.75) is 25.3 Å². The van der Waals surface area contributed by atoms with Crippen molar-refractivity contribution in [2.75, 3.05) is 13.2 Å². The SMILES string of the molecule is Cn1cc(S(=O)(=O)NCC(C)(C)CCO)nc1Cl. The quantitative estimate of drug-likeness (QED) is 0.811. The molecule has 0 aliphatic rings. The average Bonchev–Trinajstić information content (AvgIpc) is 2.58. The van der Waals surface area contributed by atoms with E-state index in [0.29, 0.717) is 6.42 Å². The van der Waals surface area contributed by atoms with E-state index in [1.165, 1.54) is 10.8 Å². The first kappa shape index (κ1) is 15.4. The lowest BCUT2D eigenvalue weighted by Gasteiger charge is -2.23. The number of halogens is 1. The fourth-order valence-corrected chi connectivity index (χ4v) is 2.72. The molecule has 0 radical (unpaired) electrons. The summed E-state index contributed by atoms with van der Waals surface area (Å²) < 4.78 is 27.8. The smallest absolute Gasteiger partial charge is 0.259 e. The van der Waals surface area contributed by atoms with E-state index in [0.717, 1.165) is 0 Å². The van der Waals surface area contributed by atoms with Gasteiger partial charge in [-0.2, -0.15) is 0 Å². The number of aryl methyl sites for hydroxylation is 1. The summed E-state index contributed by atoms with van der Waals surface area (Å²) in [5.74, 6) is 0. The molecule has 1 aromatic heterocycles. The maximum Gasteiger partial charge on any atom is 0.259 e. The summed E-state index contributed by atoms with van der Waals surface area (Å²) >= 11 is 5.70. The van der Waals surface area contributed by atoms with E-state index in [9.17, 15) is 8.42 Å². The lowest BCUT2D eigenvalue weighted by atomic mass is 9.90. The van der Waals surface area contributed by atoms with Crippen LogP contribution in [0.15, 0.2) is 11.2 Å². The van der Waals surface area contributed by atoms with Gasteiger partial charge in [0.1, 0.15) is 0 Å². The van der Waals surface area contributed by atoms with Crippen LogP contribution in [0.25, 0.3) is 0 Å². The molecule has 0 aromatic carbocycles. The zero-order valence-electron chi connectivity index (χ0n) is 10.6. The van der Waals surface area contributed by atoms with Gasteiger partial charge in [0.05, 0.1) is 0 Å². The Morgan fingerprint density at radius 1 is 1.56 bits per heavy atom. The largest absolute Gasteiger partial charge is 0.396 e. The number of rotatable bonds is 6. The first-order valence-electron chi connectivity index (χ1n) is 5.47. The minimum absolute atomic E-state index is 0.0180. The number of aliphatic hydroxyl groups is 1. The summed E-state index contributed by atoms with van der Waals surface area (Å²) in [7, 11) is -2.05. The summed E-state index contributed by atoms with van der Waals surface area (Å²) in [6.45, 7) is 3.99. The van der Waals surface area contributed by atoms with Crippen molar-refractivity contribution in [3.05, 3.63) is 11.5 Å². The topological polar surface area (TPSA) is 84.2 Å². The van der Waals surface area contributed by atoms with Crippen LogP contribution in [0, 0.1) is 5.41 Å². The number of aliphatic hydroxyl groups excluding tert-OH is 1. The van der Waals surface area contributed by atoms with Crippen LogP contribution in [0.3, 0.4) is 0 Å². The zero-order chi connectivity index (χ0) is 14.0. The highest BCUT2D eigenvalue weighted by atomic mass is 35.5. The molecule has 0 fully saturated rings. The standard InChI is InChI=1S/C10H18ClN3O3S/c1-10(2,4-5-15)7-12-18(16,17)8-6-14(3)9(11)13-8/h6,12,15H,4-5,7H2,1-3H3. The predicted molar refractivity (Wildman–Crippen MR) is 68.9 cm³/mol. The van der Waals surface area contributed by atoms with Crippen molar-refractivity contribution in [2.24, 2.45) is 12.5 Å². The number of aromatic nitrogens is 2. The van der Waals surface area contributed by atoms with Gasteiger partial charge in [-0.1, -0.05) is 13.8 Å². The molecule has 18 heavy (non-hydrogen) atoms. The van der Waals surface area contributed by atoms with Gasteiger partial charge >= 0.3 is 0 Å². The average molecular weight is 296 g/mol. The van der Waals surface area contributed by atoms with E-state index >= 15 is 0 Å². The molecule has 1 aromatic rings. The van der Waals surface area contributed by atoms with Gasteiger partial charge in [0.2, 0.25) is 5.28 Å². The summed E-state index contributed by atoms with van der Waals surface area (Å²) in [5.41, 5.74) is -0.319. The van der Waals surface area contributed by atoms with Crippen molar-refractivity contribution in [1.29, 1.82) is 0 Å². The molecule has 0 spiro atoms. The second-order valence-corrected chi connectivity index (χ2v) is 6.97. The second-order valence-electron chi connectivity index (χ2n) is 4.92. The van der Waals surface area contributed by atoms with Gasteiger partial charge in [0.15, 0.2) is 5.03 Å². The minimum atomic E-state index is -3.66. The van der Waals surface area contributed by atoms with Crippen LogP contribution in [0.2, 0.25) is 5.28 Å². The van der Waals surface area contributed by atoms with Crippen LogP contribution in [0.1, 0.15) is 20.3 Å². The van der Waals surface area contributed by atoms with Gasteiger partial charge in [-0.15, -0.1) is 0 Å². The monoisotopic (exact) mass is 295 g/mol. The minimum Gasteiger partial charge on any atom is -0.396 e. The lowest BCUT2D eigenvalue weighted by molar-refractivity contribution is 0.213. The van der Waals surface area contributed by atoms with E-state index in [-0.39, 0.29) is 28.9 Å². The molecular formula is C10H18ClN3O3S. The number of sulfonamides is 1. The lowest BCUT2D eigenvalue weighted by Crippen LogP contribution is -2.34. The van der Waals surface area contributed by atoms with Crippen molar-refractivity contribution >= 4 is 21.6 Å². The van der Waals surface area contributed by atoms with Crippen LogP contribution in [0.4, 0.5) is 0 Å². The van der Waals surface area contributed by atoms with Gasteiger partial charge in [-0.3, -0.25) is 0 Å². The maximum atomic E-state index is 11.9. The molecular weight excluding hydrogens is 278 g/mol. The predicted octanol–water partition coefficient (Wildman–Crippen LogP) is 0.760. The number of nitrogens with zero attached hydrogens (tertiary/aromatic N) is 2. The highest BCUT2D eigenvalue weighted by molar-refractivity contribution is 7.89. The third-order valence-electron chi connectivity index (χ3n) is 2.60. The third-order valence-corrected chi connectivity index (χ3v) is 4.23. The Balaban J connectivity index is 2.77. The van der Waals surface area contributed by atoms with E-state index < -0.39 is 10.0 Å². The van der Waals surface area contributed by atoms with Crippen LogP contribution in [-0.2, 0) is 17.1 Å². The molecule has 0 unspecified atom stereocenters. The normalized spacial score (nSPS) is 12.9. The molecule has 0 amide bonds. The number of nitrogens with one attached hydrogen (secondary N) is 1. The fourth-order valence-electron chi connectivity index (χ4n) is 1.30. The molecule has 1 rings (SSSR count). The van der Waals surface area contributed by atoms with Crippen molar-refractivity contribution in [3.63, 3.8) is 0 Å². The summed E-state index contributed by atoms with van der Waals surface area (Å²) in [4.78, 5) is 3.76. The molecule has 6 nitrogen and oxygen atoms in total. The Morgan fingerprint density at radius 3 is 2.61 bits per heavy atom. The maximum absolute atomic E-state index is 11.9. The first-order chi connectivity index (χ1) is 8.18. The Labute approximate surface area is 112 Å². The zero-order valence-corrected chi connectivity index (χ0v) is 12.2. The van der Waals surface area contributed by atoms with Crippen LogP contribution in [-0.4, -0.2) is 36.2 Å². The molecule has 104 valence electrons. The molecule has 1 heterocycles. The van der Waals surface area contributed by atoms with E-state index in [4.69, 9.17) is 16.7 Å². The van der Waals surface area contributed by atoms with E-state index in [1.54, 1.807) is 7.05 Å². The van der Waals surface area contributed by atoms with Crippen molar-refractivity contribution < 1.29 is 13.5 Å². The van der Waals surface area contributed by atoms with E-state index in [1.807, 2.05) is 13.8 Å². The first-order valence-corrected chi connectivity index (χ1v) is 7.33.